The van der Waals surface area contributed by atoms with E-state index < -0.39 is 0 Å². The number of hydrogen-bond acceptors (Lipinski definition) is 2. The number of halogens is 2. The molecule has 0 spiro atoms. The second kappa shape index (κ2) is 5.67. The molecule has 0 saturated carbocycles. The summed E-state index contributed by atoms with van der Waals surface area (Å²) >= 11 is 13.5. The molecule has 1 nitrogen and oxygen atoms in total. The van der Waals surface area contributed by atoms with Crippen LogP contribution >= 0.6 is 35.0 Å². The molecule has 0 saturated heterocycles. The first-order chi connectivity index (χ1) is 8.17. The molecule has 17 heavy (non-hydrogen) atoms. The van der Waals surface area contributed by atoms with Crippen molar-refractivity contribution in [3.63, 3.8) is 0 Å². The average Bonchev–Trinajstić information content (AvgIpc) is 2.28. The van der Waals surface area contributed by atoms with E-state index in [2.05, 4.69) is 0 Å². The van der Waals surface area contributed by atoms with E-state index in [1.807, 2.05) is 36.4 Å². The van der Waals surface area contributed by atoms with Crippen molar-refractivity contribution in [1.29, 1.82) is 0 Å². The van der Waals surface area contributed by atoms with Crippen molar-refractivity contribution in [2.75, 3.05) is 7.11 Å². The fourth-order valence-electron chi connectivity index (χ4n) is 1.37. The molecule has 0 N–H and O–H groups in total. The van der Waals surface area contributed by atoms with Crippen LogP contribution in [0.2, 0.25) is 10.0 Å². The van der Waals surface area contributed by atoms with Crippen molar-refractivity contribution in [1.82, 2.24) is 0 Å². The minimum absolute atomic E-state index is 0.647. The molecule has 0 unspecified atom stereocenters. The Morgan fingerprint density at radius 1 is 0.882 bits per heavy atom. The van der Waals surface area contributed by atoms with E-state index in [4.69, 9.17) is 27.9 Å². The van der Waals surface area contributed by atoms with Gasteiger partial charge in [0.05, 0.1) is 7.11 Å². The Labute approximate surface area is 115 Å². The van der Waals surface area contributed by atoms with E-state index in [9.17, 15) is 0 Å². The Hall–Kier alpha value is -0.830. The maximum absolute atomic E-state index is 5.95. The molecule has 0 aromatic heterocycles. The molecule has 0 atom stereocenters. The number of hydrogen-bond donors (Lipinski definition) is 0. The summed E-state index contributed by atoms with van der Waals surface area (Å²) in [7, 11) is 1.65. The summed E-state index contributed by atoms with van der Waals surface area (Å²) in [4.78, 5) is 2.14. The summed E-state index contributed by atoms with van der Waals surface area (Å²) < 4.78 is 5.11. The minimum Gasteiger partial charge on any atom is -0.497 e. The first-order valence-electron chi connectivity index (χ1n) is 4.95. The number of benzene rings is 2. The lowest BCUT2D eigenvalue weighted by atomic mass is 10.3. The van der Waals surface area contributed by atoms with Gasteiger partial charge >= 0.3 is 0 Å². The Balaban J connectivity index is 2.19. The molecule has 0 aliphatic heterocycles. The Morgan fingerprint density at radius 3 is 2.00 bits per heavy atom. The second-order valence-electron chi connectivity index (χ2n) is 3.38. The molecular weight excluding hydrogens is 275 g/mol. The van der Waals surface area contributed by atoms with Gasteiger partial charge < -0.3 is 4.74 Å². The molecule has 2 rings (SSSR count). The van der Waals surface area contributed by atoms with Crippen LogP contribution in [0.25, 0.3) is 0 Å². The van der Waals surface area contributed by atoms with Crippen LogP contribution in [0.1, 0.15) is 0 Å². The fraction of sp³-hybridized carbons (Fsp3) is 0.0769. The molecule has 0 heterocycles. The van der Waals surface area contributed by atoms with Crippen molar-refractivity contribution in [2.45, 2.75) is 9.79 Å². The fourth-order valence-corrected chi connectivity index (χ4v) is 2.94. The summed E-state index contributed by atoms with van der Waals surface area (Å²) in [5.74, 6) is 0.846. The van der Waals surface area contributed by atoms with Crippen molar-refractivity contribution < 1.29 is 4.74 Å². The quantitative estimate of drug-likeness (QED) is 0.771. The molecule has 0 radical (unpaired) electrons. The maximum atomic E-state index is 5.95. The van der Waals surface area contributed by atoms with Crippen LogP contribution in [0.15, 0.2) is 52.3 Å². The molecule has 0 aliphatic rings. The van der Waals surface area contributed by atoms with Crippen molar-refractivity contribution in [3.8, 4) is 5.75 Å². The zero-order valence-corrected chi connectivity index (χ0v) is 11.4. The van der Waals surface area contributed by atoms with Gasteiger partial charge in [-0.05, 0) is 42.5 Å². The molecule has 88 valence electrons. The zero-order chi connectivity index (χ0) is 12.3. The summed E-state index contributed by atoms with van der Waals surface area (Å²) in [6.45, 7) is 0. The highest BCUT2D eigenvalue weighted by atomic mass is 35.5. The number of methoxy groups -OCH3 is 1. The third-order valence-corrected chi connectivity index (χ3v) is 3.55. The Kier molecular flexibility index (Phi) is 4.21. The predicted molar refractivity (Wildman–Crippen MR) is 73.6 cm³/mol. The first-order valence-corrected chi connectivity index (χ1v) is 6.52. The Morgan fingerprint density at radius 2 is 1.47 bits per heavy atom. The van der Waals surface area contributed by atoms with Crippen LogP contribution < -0.4 is 4.74 Å². The normalized spacial score (nSPS) is 10.3. The van der Waals surface area contributed by atoms with Crippen molar-refractivity contribution in [3.05, 3.63) is 52.5 Å². The van der Waals surface area contributed by atoms with Gasteiger partial charge in [0.2, 0.25) is 0 Å². The summed E-state index contributed by atoms with van der Waals surface area (Å²) in [6.07, 6.45) is 0. The lowest BCUT2D eigenvalue weighted by Gasteiger charge is -2.04. The Bertz CT molecular complexity index is 491. The molecular formula is C13H10Cl2OS. The van der Waals surface area contributed by atoms with Crippen LogP contribution in [-0.2, 0) is 0 Å². The van der Waals surface area contributed by atoms with Crippen LogP contribution in [0.5, 0.6) is 5.75 Å². The highest BCUT2D eigenvalue weighted by molar-refractivity contribution is 7.99. The first kappa shape index (κ1) is 12.6. The molecule has 0 aliphatic carbocycles. The van der Waals surface area contributed by atoms with E-state index in [1.165, 1.54) is 0 Å². The van der Waals surface area contributed by atoms with E-state index in [0.29, 0.717) is 10.0 Å². The highest BCUT2D eigenvalue weighted by Gasteiger charge is 2.01. The zero-order valence-electron chi connectivity index (χ0n) is 9.11. The van der Waals surface area contributed by atoms with Gasteiger partial charge in [0.15, 0.2) is 0 Å². The largest absolute Gasteiger partial charge is 0.497 e. The van der Waals surface area contributed by atoms with E-state index in [1.54, 1.807) is 24.9 Å². The van der Waals surface area contributed by atoms with Crippen LogP contribution in [0.3, 0.4) is 0 Å². The standard InChI is InChI=1S/C13H10Cl2OS/c1-16-11-2-4-12(5-3-11)17-13-7-9(14)6-10(15)8-13/h2-8H,1H3. The highest BCUT2D eigenvalue weighted by Crippen LogP contribution is 2.32. The SMILES string of the molecule is COc1ccc(Sc2cc(Cl)cc(Cl)c2)cc1. The van der Waals surface area contributed by atoms with Gasteiger partial charge in [0, 0.05) is 19.8 Å². The van der Waals surface area contributed by atoms with E-state index in [-0.39, 0.29) is 0 Å². The second-order valence-corrected chi connectivity index (χ2v) is 5.40. The van der Waals surface area contributed by atoms with E-state index >= 15 is 0 Å². The summed E-state index contributed by atoms with van der Waals surface area (Å²) in [5, 5.41) is 1.29. The van der Waals surface area contributed by atoms with Crippen molar-refractivity contribution >= 4 is 35.0 Å². The predicted octanol–water partition coefficient (Wildman–Crippen LogP) is 5.15. The van der Waals surface area contributed by atoms with Crippen LogP contribution in [0, 0.1) is 0 Å². The van der Waals surface area contributed by atoms with Gasteiger partial charge in [-0.1, -0.05) is 35.0 Å². The minimum atomic E-state index is 0.647. The van der Waals surface area contributed by atoms with Gasteiger partial charge in [-0.15, -0.1) is 0 Å². The van der Waals surface area contributed by atoms with Gasteiger partial charge in [-0.2, -0.15) is 0 Å². The lowest BCUT2D eigenvalue weighted by Crippen LogP contribution is -1.81. The third-order valence-electron chi connectivity index (χ3n) is 2.13. The molecule has 4 heteroatoms. The molecule has 0 amide bonds. The summed E-state index contributed by atoms with van der Waals surface area (Å²) in [5.41, 5.74) is 0. The molecule has 0 bridgehead atoms. The van der Waals surface area contributed by atoms with Crippen LogP contribution in [0.4, 0.5) is 0 Å². The summed E-state index contributed by atoms with van der Waals surface area (Å²) in [6, 6.07) is 13.4. The monoisotopic (exact) mass is 284 g/mol. The number of ether oxygens (including phenoxy) is 1. The average molecular weight is 285 g/mol. The smallest absolute Gasteiger partial charge is 0.118 e. The lowest BCUT2D eigenvalue weighted by molar-refractivity contribution is 0.414. The number of rotatable bonds is 3. The topological polar surface area (TPSA) is 9.23 Å². The molecule has 0 fully saturated rings. The maximum Gasteiger partial charge on any atom is 0.118 e. The van der Waals surface area contributed by atoms with Gasteiger partial charge in [-0.25, -0.2) is 0 Å². The van der Waals surface area contributed by atoms with Gasteiger partial charge in [-0.3, -0.25) is 0 Å². The van der Waals surface area contributed by atoms with Crippen LogP contribution in [-0.4, -0.2) is 7.11 Å². The molecule has 2 aromatic rings. The van der Waals surface area contributed by atoms with Gasteiger partial charge in [0.25, 0.3) is 0 Å². The van der Waals surface area contributed by atoms with E-state index in [0.717, 1.165) is 15.5 Å². The van der Waals surface area contributed by atoms with Gasteiger partial charge in [0.1, 0.15) is 5.75 Å². The molecule has 2 aromatic carbocycles. The third kappa shape index (κ3) is 3.56. The van der Waals surface area contributed by atoms with Crippen molar-refractivity contribution in [2.24, 2.45) is 0 Å².